The van der Waals surface area contributed by atoms with E-state index in [2.05, 4.69) is 15.9 Å². The summed E-state index contributed by atoms with van der Waals surface area (Å²) in [5.41, 5.74) is 1.93. The SMILES string of the molecule is CC1c2cccc(Br)c2C(=O)N1C. The van der Waals surface area contributed by atoms with Crippen molar-refractivity contribution in [1.82, 2.24) is 4.90 Å². The first kappa shape index (κ1) is 8.75. The second-order valence-corrected chi connectivity index (χ2v) is 4.15. The van der Waals surface area contributed by atoms with Crippen molar-refractivity contribution < 1.29 is 4.79 Å². The van der Waals surface area contributed by atoms with Gasteiger partial charge in [-0.15, -0.1) is 0 Å². The Bertz CT molecular complexity index is 375. The van der Waals surface area contributed by atoms with Gasteiger partial charge in [-0.3, -0.25) is 4.79 Å². The molecular weight excluding hydrogens is 230 g/mol. The maximum atomic E-state index is 11.7. The third-order valence-corrected chi connectivity index (χ3v) is 3.27. The quantitative estimate of drug-likeness (QED) is 0.682. The molecule has 1 amide bonds. The van der Waals surface area contributed by atoms with Crippen LogP contribution in [0.25, 0.3) is 0 Å². The van der Waals surface area contributed by atoms with Crippen LogP contribution in [0.15, 0.2) is 22.7 Å². The van der Waals surface area contributed by atoms with Crippen molar-refractivity contribution in [2.75, 3.05) is 7.05 Å². The van der Waals surface area contributed by atoms with Crippen molar-refractivity contribution in [2.45, 2.75) is 13.0 Å². The average Bonchev–Trinajstić information content (AvgIpc) is 2.33. The molecule has 3 heteroatoms. The number of carbonyl (C=O) groups excluding carboxylic acids is 1. The maximum Gasteiger partial charge on any atom is 0.255 e. The second kappa shape index (κ2) is 2.84. The Morgan fingerprint density at radius 3 is 2.77 bits per heavy atom. The topological polar surface area (TPSA) is 20.3 Å². The van der Waals surface area contributed by atoms with Crippen molar-refractivity contribution in [3.63, 3.8) is 0 Å². The van der Waals surface area contributed by atoms with Crippen molar-refractivity contribution in [3.8, 4) is 0 Å². The summed E-state index contributed by atoms with van der Waals surface area (Å²) in [6, 6.07) is 6.07. The zero-order chi connectivity index (χ0) is 9.59. The van der Waals surface area contributed by atoms with Gasteiger partial charge in [-0.05, 0) is 34.5 Å². The Hall–Kier alpha value is -0.830. The first-order chi connectivity index (χ1) is 6.13. The fourth-order valence-electron chi connectivity index (χ4n) is 1.68. The molecule has 1 aromatic carbocycles. The fraction of sp³-hybridized carbons (Fsp3) is 0.300. The summed E-state index contributed by atoms with van der Waals surface area (Å²) >= 11 is 3.40. The Kier molecular flexibility index (Phi) is 1.91. The Balaban J connectivity index is 2.66. The third-order valence-electron chi connectivity index (χ3n) is 2.61. The number of fused-ring (bicyclic) bond motifs is 1. The van der Waals surface area contributed by atoms with Gasteiger partial charge >= 0.3 is 0 Å². The van der Waals surface area contributed by atoms with Gasteiger partial charge in [0, 0.05) is 11.5 Å². The van der Waals surface area contributed by atoms with Crippen LogP contribution in [0.2, 0.25) is 0 Å². The molecule has 0 radical (unpaired) electrons. The third kappa shape index (κ3) is 1.10. The Labute approximate surface area is 85.7 Å². The molecule has 0 aromatic heterocycles. The largest absolute Gasteiger partial charge is 0.335 e. The van der Waals surface area contributed by atoms with Crippen LogP contribution in [0, 0.1) is 0 Å². The molecule has 0 fully saturated rings. The maximum absolute atomic E-state index is 11.7. The molecule has 2 nitrogen and oxygen atoms in total. The molecule has 0 spiro atoms. The normalized spacial score (nSPS) is 20.7. The lowest BCUT2D eigenvalue weighted by Gasteiger charge is -2.14. The van der Waals surface area contributed by atoms with E-state index in [0.29, 0.717) is 0 Å². The molecule has 0 saturated carbocycles. The number of carbonyl (C=O) groups is 1. The number of hydrogen-bond donors (Lipinski definition) is 0. The first-order valence-corrected chi connectivity index (χ1v) is 4.98. The highest BCUT2D eigenvalue weighted by molar-refractivity contribution is 9.10. The lowest BCUT2D eigenvalue weighted by Crippen LogP contribution is -2.21. The lowest BCUT2D eigenvalue weighted by molar-refractivity contribution is 0.0783. The summed E-state index contributed by atoms with van der Waals surface area (Å²) < 4.78 is 0.895. The van der Waals surface area contributed by atoms with Gasteiger partial charge in [0.15, 0.2) is 0 Å². The van der Waals surface area contributed by atoms with Gasteiger partial charge in [-0.25, -0.2) is 0 Å². The van der Waals surface area contributed by atoms with Crippen molar-refractivity contribution in [1.29, 1.82) is 0 Å². The fourth-order valence-corrected chi connectivity index (χ4v) is 2.23. The molecule has 0 saturated heterocycles. The van der Waals surface area contributed by atoms with Gasteiger partial charge in [-0.2, -0.15) is 0 Å². The summed E-state index contributed by atoms with van der Waals surface area (Å²) in [6.07, 6.45) is 0. The molecule has 13 heavy (non-hydrogen) atoms. The van der Waals surface area contributed by atoms with E-state index >= 15 is 0 Å². The number of halogens is 1. The second-order valence-electron chi connectivity index (χ2n) is 3.30. The van der Waals surface area contributed by atoms with Crippen LogP contribution in [-0.4, -0.2) is 17.9 Å². The number of amides is 1. The van der Waals surface area contributed by atoms with Gasteiger partial charge in [-0.1, -0.05) is 12.1 Å². The van der Waals surface area contributed by atoms with Gasteiger partial charge in [0.1, 0.15) is 0 Å². The monoisotopic (exact) mass is 239 g/mol. The van der Waals surface area contributed by atoms with E-state index in [9.17, 15) is 4.79 Å². The zero-order valence-electron chi connectivity index (χ0n) is 7.54. The highest BCUT2D eigenvalue weighted by Crippen LogP contribution is 2.35. The number of nitrogens with zero attached hydrogens (tertiary/aromatic N) is 1. The van der Waals surface area contributed by atoms with E-state index in [0.717, 1.165) is 15.6 Å². The minimum absolute atomic E-state index is 0.106. The molecule has 68 valence electrons. The van der Waals surface area contributed by atoms with Crippen molar-refractivity contribution in [3.05, 3.63) is 33.8 Å². The molecule has 1 heterocycles. The van der Waals surface area contributed by atoms with E-state index < -0.39 is 0 Å². The number of rotatable bonds is 0. The summed E-state index contributed by atoms with van der Waals surface area (Å²) in [6.45, 7) is 2.04. The minimum atomic E-state index is 0.106. The van der Waals surface area contributed by atoms with Crippen LogP contribution in [-0.2, 0) is 0 Å². The molecule has 1 unspecified atom stereocenters. The van der Waals surface area contributed by atoms with Gasteiger partial charge in [0.2, 0.25) is 0 Å². The zero-order valence-corrected chi connectivity index (χ0v) is 9.13. The molecule has 1 atom stereocenters. The van der Waals surface area contributed by atoms with Crippen LogP contribution in [0.4, 0.5) is 0 Å². The molecule has 1 aliphatic heterocycles. The van der Waals surface area contributed by atoms with Gasteiger partial charge < -0.3 is 4.90 Å². The standard InChI is InChI=1S/C10H10BrNO/c1-6-7-4-3-5-8(11)9(7)10(13)12(6)2/h3-6H,1-2H3. The van der Waals surface area contributed by atoms with Crippen molar-refractivity contribution >= 4 is 21.8 Å². The summed E-state index contributed by atoms with van der Waals surface area (Å²) in [4.78, 5) is 13.5. The predicted octanol–water partition coefficient (Wildman–Crippen LogP) is 2.60. The first-order valence-electron chi connectivity index (χ1n) is 4.18. The van der Waals surface area contributed by atoms with Crippen LogP contribution in [0.5, 0.6) is 0 Å². The number of benzene rings is 1. The molecule has 1 aromatic rings. The van der Waals surface area contributed by atoms with Crippen LogP contribution < -0.4 is 0 Å². The molecule has 0 N–H and O–H groups in total. The molecule has 0 aliphatic carbocycles. The van der Waals surface area contributed by atoms with Crippen molar-refractivity contribution in [2.24, 2.45) is 0 Å². The van der Waals surface area contributed by atoms with E-state index in [-0.39, 0.29) is 11.9 Å². The van der Waals surface area contributed by atoms with Gasteiger partial charge in [0.05, 0.1) is 11.6 Å². The lowest BCUT2D eigenvalue weighted by atomic mass is 10.1. The predicted molar refractivity (Wildman–Crippen MR) is 54.7 cm³/mol. The van der Waals surface area contributed by atoms with Crippen LogP contribution >= 0.6 is 15.9 Å². The van der Waals surface area contributed by atoms with Crippen LogP contribution in [0.1, 0.15) is 28.9 Å². The van der Waals surface area contributed by atoms with Gasteiger partial charge in [0.25, 0.3) is 5.91 Å². The highest BCUT2D eigenvalue weighted by Gasteiger charge is 2.32. The minimum Gasteiger partial charge on any atom is -0.335 e. The number of hydrogen-bond acceptors (Lipinski definition) is 1. The summed E-state index contributed by atoms with van der Waals surface area (Å²) in [7, 11) is 1.83. The Morgan fingerprint density at radius 2 is 2.15 bits per heavy atom. The molecule has 2 rings (SSSR count). The smallest absolute Gasteiger partial charge is 0.255 e. The highest BCUT2D eigenvalue weighted by atomic mass is 79.9. The molecule has 1 aliphatic rings. The van der Waals surface area contributed by atoms with Crippen LogP contribution in [0.3, 0.4) is 0 Å². The summed E-state index contributed by atoms with van der Waals surface area (Å²) in [5.74, 6) is 0.106. The average molecular weight is 240 g/mol. The molecular formula is C10H10BrNO. The van der Waals surface area contributed by atoms with E-state index in [1.54, 1.807) is 4.90 Å². The Morgan fingerprint density at radius 1 is 1.46 bits per heavy atom. The summed E-state index contributed by atoms with van der Waals surface area (Å²) in [5, 5.41) is 0. The molecule has 0 bridgehead atoms. The van der Waals surface area contributed by atoms with E-state index in [4.69, 9.17) is 0 Å². The van der Waals surface area contributed by atoms with E-state index in [1.165, 1.54) is 0 Å². The van der Waals surface area contributed by atoms with E-state index in [1.807, 2.05) is 32.2 Å².